The minimum absolute atomic E-state index is 0.0175. The van der Waals surface area contributed by atoms with Crippen LogP contribution in [-0.4, -0.2) is 48.0 Å². The van der Waals surface area contributed by atoms with Crippen molar-refractivity contribution < 1.29 is 27.0 Å². The fourth-order valence-corrected chi connectivity index (χ4v) is 7.77. The van der Waals surface area contributed by atoms with Gasteiger partial charge in [-0.05, 0) is 75.0 Å². The summed E-state index contributed by atoms with van der Waals surface area (Å²) in [4.78, 5) is 21.5. The maximum atomic E-state index is 12.6. The molecular formula is C32H31Cl2N5O6S. The van der Waals surface area contributed by atoms with E-state index in [2.05, 4.69) is 27.4 Å². The zero-order chi connectivity index (χ0) is 32.3. The van der Waals surface area contributed by atoms with E-state index < -0.39 is 15.9 Å². The first-order valence-electron chi connectivity index (χ1n) is 15.0. The predicted molar refractivity (Wildman–Crippen MR) is 171 cm³/mol. The van der Waals surface area contributed by atoms with Gasteiger partial charge in [0.05, 0.1) is 29.0 Å². The summed E-state index contributed by atoms with van der Waals surface area (Å²) in [5, 5.41) is 9.50. The highest BCUT2D eigenvalue weighted by atomic mass is 35.5. The quantitative estimate of drug-likeness (QED) is 0.196. The number of aromatic nitrogens is 4. The molecular weight excluding hydrogens is 653 g/mol. The first-order valence-corrected chi connectivity index (χ1v) is 17.7. The van der Waals surface area contributed by atoms with Crippen molar-refractivity contribution in [2.45, 2.75) is 62.7 Å². The Morgan fingerprint density at radius 3 is 2.37 bits per heavy atom. The van der Waals surface area contributed by atoms with Crippen molar-refractivity contribution in [1.29, 1.82) is 0 Å². The summed E-state index contributed by atoms with van der Waals surface area (Å²) in [5.74, 6) is 1.56. The Bertz CT molecular complexity index is 1940. The van der Waals surface area contributed by atoms with Crippen LogP contribution in [0.3, 0.4) is 0 Å². The van der Waals surface area contributed by atoms with Gasteiger partial charge in [0.1, 0.15) is 17.2 Å². The van der Waals surface area contributed by atoms with Gasteiger partial charge < -0.3 is 13.8 Å². The number of pyridine rings is 1. The standard InChI is InChI=1S/C32H31Cl2N5O6S/c1-43-24-6-5-19(15-21(24)29(40)39-46(2,41)42)28-36-30(45-38-28)32-12-9-31(10-13-32,11-14-32)8-7-20-26(37-44-27(20)18-3-4-18)25-22(33)16-35-17-23(25)34/h5-8,15-18H,3-4,9-14H2,1-2H3,(H,39,40). The molecule has 0 unspecified atom stereocenters. The molecule has 4 aliphatic carbocycles. The summed E-state index contributed by atoms with van der Waals surface area (Å²) in [5.41, 5.74) is 2.55. The molecule has 4 fully saturated rings. The van der Waals surface area contributed by atoms with E-state index in [1.807, 2.05) is 4.72 Å². The summed E-state index contributed by atoms with van der Waals surface area (Å²) >= 11 is 13.0. The first-order chi connectivity index (χ1) is 22.0. The molecule has 2 bridgehead atoms. The second kappa shape index (κ2) is 11.5. The highest BCUT2D eigenvalue weighted by Crippen LogP contribution is 2.58. The number of sulfonamides is 1. The number of benzene rings is 1. The molecule has 4 aromatic rings. The van der Waals surface area contributed by atoms with Gasteiger partial charge in [-0.1, -0.05) is 45.7 Å². The van der Waals surface area contributed by atoms with Gasteiger partial charge >= 0.3 is 0 Å². The number of hydrogen-bond acceptors (Lipinski definition) is 10. The van der Waals surface area contributed by atoms with Crippen molar-refractivity contribution >= 4 is 45.2 Å². The topological polar surface area (TPSA) is 150 Å². The number of hydrogen-bond donors (Lipinski definition) is 1. The van der Waals surface area contributed by atoms with Crippen molar-refractivity contribution in [3.63, 3.8) is 0 Å². The maximum absolute atomic E-state index is 12.6. The molecule has 0 atom stereocenters. The summed E-state index contributed by atoms with van der Waals surface area (Å²) in [6, 6.07) is 4.79. The number of rotatable bonds is 9. The van der Waals surface area contributed by atoms with E-state index in [1.165, 1.54) is 13.2 Å². The minimum Gasteiger partial charge on any atom is -0.496 e. The molecule has 14 heteroatoms. The number of amides is 1. The Morgan fingerprint density at radius 1 is 1.04 bits per heavy atom. The van der Waals surface area contributed by atoms with Gasteiger partial charge in [0.15, 0.2) is 0 Å². The van der Waals surface area contributed by atoms with Crippen LogP contribution >= 0.6 is 23.2 Å². The van der Waals surface area contributed by atoms with E-state index in [0.717, 1.165) is 68.9 Å². The second-order valence-electron chi connectivity index (χ2n) is 12.6. The number of methoxy groups -OCH3 is 1. The molecule has 0 saturated heterocycles. The van der Waals surface area contributed by atoms with Gasteiger partial charge in [0.25, 0.3) is 5.91 Å². The zero-order valence-corrected chi connectivity index (χ0v) is 27.5. The lowest BCUT2D eigenvalue weighted by molar-refractivity contribution is 0.0569. The summed E-state index contributed by atoms with van der Waals surface area (Å²) < 4.78 is 42.2. The number of nitrogens with one attached hydrogen (secondary N) is 1. The molecule has 8 rings (SSSR count). The summed E-state index contributed by atoms with van der Waals surface area (Å²) in [6.07, 6.45) is 16.2. The van der Waals surface area contributed by atoms with Crippen molar-refractivity contribution in [2.75, 3.05) is 13.4 Å². The number of carbonyl (C=O) groups is 1. The van der Waals surface area contributed by atoms with Gasteiger partial charge in [-0.25, -0.2) is 13.1 Å². The number of ether oxygens (including phenoxy) is 1. The molecule has 1 amide bonds. The SMILES string of the molecule is COc1ccc(-c2noc(C34CCC(C=Cc5c(-c6c(Cl)cncc6Cl)noc5C5CC5)(CC3)CC4)n2)cc1C(=O)NS(C)(=O)=O. The van der Waals surface area contributed by atoms with E-state index in [4.69, 9.17) is 42.0 Å². The molecule has 240 valence electrons. The van der Waals surface area contributed by atoms with Crippen LogP contribution in [0.4, 0.5) is 0 Å². The molecule has 0 radical (unpaired) electrons. The zero-order valence-electron chi connectivity index (χ0n) is 25.2. The van der Waals surface area contributed by atoms with Gasteiger partial charge in [-0.15, -0.1) is 0 Å². The third-order valence-electron chi connectivity index (χ3n) is 9.56. The Hall–Kier alpha value is -3.74. The van der Waals surface area contributed by atoms with E-state index in [1.54, 1.807) is 24.5 Å². The Balaban J connectivity index is 1.11. The molecule has 0 aliphatic heterocycles. The largest absolute Gasteiger partial charge is 0.496 e. The normalized spacial score (nSPS) is 22.8. The molecule has 4 aliphatic rings. The lowest BCUT2D eigenvalue weighted by atomic mass is 9.53. The van der Waals surface area contributed by atoms with Crippen molar-refractivity contribution in [3.05, 3.63) is 69.5 Å². The third kappa shape index (κ3) is 5.71. The maximum Gasteiger partial charge on any atom is 0.268 e. The van der Waals surface area contributed by atoms with E-state index in [-0.39, 0.29) is 22.1 Å². The number of carbonyl (C=O) groups excluding carboxylic acids is 1. The van der Waals surface area contributed by atoms with Gasteiger partial charge in [0, 0.05) is 40.4 Å². The molecule has 0 spiro atoms. The lowest BCUT2D eigenvalue weighted by Gasteiger charge is -2.50. The van der Waals surface area contributed by atoms with Crippen LogP contribution in [0.5, 0.6) is 5.75 Å². The smallest absolute Gasteiger partial charge is 0.268 e. The Morgan fingerprint density at radius 2 is 1.74 bits per heavy atom. The van der Waals surface area contributed by atoms with E-state index in [0.29, 0.717) is 44.5 Å². The summed E-state index contributed by atoms with van der Waals surface area (Å²) in [6.45, 7) is 0. The van der Waals surface area contributed by atoms with Crippen LogP contribution < -0.4 is 9.46 Å². The van der Waals surface area contributed by atoms with Gasteiger partial charge in [-0.3, -0.25) is 9.78 Å². The lowest BCUT2D eigenvalue weighted by Crippen LogP contribution is -2.43. The highest BCUT2D eigenvalue weighted by molar-refractivity contribution is 7.89. The van der Waals surface area contributed by atoms with E-state index >= 15 is 0 Å². The van der Waals surface area contributed by atoms with Crippen LogP contribution in [0.1, 0.15) is 84.9 Å². The second-order valence-corrected chi connectivity index (χ2v) is 15.1. The number of halogens is 2. The highest BCUT2D eigenvalue weighted by Gasteiger charge is 2.51. The fraction of sp³-hybridized carbons (Fsp3) is 0.406. The average molecular weight is 685 g/mol. The van der Waals surface area contributed by atoms with Crippen LogP contribution in [0.2, 0.25) is 10.0 Å². The molecule has 3 aromatic heterocycles. The number of fused-ring (bicyclic) bond motifs is 3. The van der Waals surface area contributed by atoms with Crippen molar-refractivity contribution in [3.8, 4) is 28.4 Å². The van der Waals surface area contributed by atoms with Crippen LogP contribution in [0.15, 0.2) is 45.7 Å². The Kier molecular flexibility index (Phi) is 7.72. The monoisotopic (exact) mass is 683 g/mol. The number of allylic oxidation sites excluding steroid dienone is 1. The predicted octanol–water partition coefficient (Wildman–Crippen LogP) is 6.97. The molecule has 11 nitrogen and oxygen atoms in total. The molecule has 1 N–H and O–H groups in total. The third-order valence-corrected chi connectivity index (χ3v) is 10.7. The molecule has 46 heavy (non-hydrogen) atoms. The first kappa shape index (κ1) is 30.9. The van der Waals surface area contributed by atoms with Crippen LogP contribution in [0.25, 0.3) is 28.7 Å². The summed E-state index contributed by atoms with van der Waals surface area (Å²) in [7, 11) is -2.36. The van der Waals surface area contributed by atoms with Crippen molar-refractivity contribution in [2.24, 2.45) is 5.41 Å². The number of nitrogens with zero attached hydrogens (tertiary/aromatic N) is 4. The molecule has 3 heterocycles. The molecule has 4 saturated carbocycles. The fourth-order valence-electron chi connectivity index (χ4n) is 6.78. The average Bonchev–Trinajstić information content (AvgIpc) is 3.59. The Labute approximate surface area is 275 Å². The van der Waals surface area contributed by atoms with Gasteiger partial charge in [-0.2, -0.15) is 4.98 Å². The van der Waals surface area contributed by atoms with Crippen molar-refractivity contribution in [1.82, 2.24) is 25.0 Å². The van der Waals surface area contributed by atoms with E-state index in [9.17, 15) is 13.2 Å². The van der Waals surface area contributed by atoms with Crippen LogP contribution in [0, 0.1) is 5.41 Å². The minimum atomic E-state index is -3.77. The van der Waals surface area contributed by atoms with Crippen LogP contribution in [-0.2, 0) is 15.4 Å². The van der Waals surface area contributed by atoms with Gasteiger partial charge in [0.2, 0.25) is 21.7 Å². The molecule has 1 aromatic carbocycles.